The zero-order valence-electron chi connectivity index (χ0n) is 9.42. The summed E-state index contributed by atoms with van der Waals surface area (Å²) in [5.41, 5.74) is 0. The summed E-state index contributed by atoms with van der Waals surface area (Å²) in [6, 6.07) is 0.00463. The van der Waals surface area contributed by atoms with Crippen LogP contribution in [0.15, 0.2) is 12.2 Å². The highest BCUT2D eigenvalue weighted by atomic mass is 16.5. The van der Waals surface area contributed by atoms with Crippen molar-refractivity contribution in [2.45, 2.75) is 38.5 Å². The van der Waals surface area contributed by atoms with Crippen molar-refractivity contribution in [1.29, 1.82) is 0 Å². The Morgan fingerprint density at radius 2 is 1.75 bits per heavy atom. The molecule has 4 heteroatoms. The third-order valence-electron chi connectivity index (χ3n) is 3.98. The Labute approximate surface area is 94.2 Å². The van der Waals surface area contributed by atoms with Crippen LogP contribution in [-0.4, -0.2) is 35.0 Å². The molecule has 3 rings (SSSR count). The molecule has 0 saturated carbocycles. The van der Waals surface area contributed by atoms with E-state index in [4.69, 9.17) is 4.74 Å². The zero-order valence-corrected chi connectivity index (χ0v) is 9.42. The normalized spacial score (nSPS) is 42.0. The Kier molecular flexibility index (Phi) is 1.98. The first-order valence-corrected chi connectivity index (χ1v) is 5.86. The van der Waals surface area contributed by atoms with Gasteiger partial charge in [0.25, 0.3) is 0 Å². The van der Waals surface area contributed by atoms with Crippen molar-refractivity contribution < 1.29 is 14.3 Å². The van der Waals surface area contributed by atoms with Gasteiger partial charge < -0.3 is 4.74 Å². The molecule has 0 aromatic rings. The van der Waals surface area contributed by atoms with Gasteiger partial charge in [-0.25, -0.2) is 0 Å². The maximum absolute atomic E-state index is 12.2. The molecule has 0 radical (unpaired) electrons. The maximum atomic E-state index is 12.2. The molecule has 4 nitrogen and oxygen atoms in total. The molecule has 0 aromatic heterocycles. The Hall–Kier alpha value is -1.16. The largest absolute Gasteiger partial charge is 0.365 e. The highest BCUT2D eigenvalue weighted by Gasteiger charge is 2.61. The van der Waals surface area contributed by atoms with E-state index in [1.807, 2.05) is 26.0 Å². The monoisotopic (exact) mass is 221 g/mol. The Morgan fingerprint density at radius 1 is 1.25 bits per heavy atom. The van der Waals surface area contributed by atoms with Crippen LogP contribution in [-0.2, 0) is 14.3 Å². The summed E-state index contributed by atoms with van der Waals surface area (Å²) < 4.78 is 5.56. The number of likely N-dealkylation sites (tertiary alicyclic amines) is 1. The molecule has 2 fully saturated rings. The third-order valence-corrected chi connectivity index (χ3v) is 3.98. The van der Waals surface area contributed by atoms with Crippen LogP contribution < -0.4 is 0 Å². The lowest BCUT2D eigenvalue weighted by Crippen LogP contribution is -2.40. The highest BCUT2D eigenvalue weighted by Crippen LogP contribution is 2.45. The van der Waals surface area contributed by atoms with E-state index in [2.05, 4.69) is 0 Å². The van der Waals surface area contributed by atoms with Crippen LogP contribution in [0.4, 0.5) is 0 Å². The van der Waals surface area contributed by atoms with E-state index in [0.29, 0.717) is 0 Å². The van der Waals surface area contributed by atoms with Gasteiger partial charge in [-0.3, -0.25) is 14.5 Å². The smallest absolute Gasteiger partial charge is 0.236 e. The Morgan fingerprint density at radius 3 is 2.19 bits per heavy atom. The summed E-state index contributed by atoms with van der Waals surface area (Å²) in [5, 5.41) is 0. The lowest BCUT2D eigenvalue weighted by atomic mass is 9.85. The molecular weight excluding hydrogens is 206 g/mol. The first-order valence-electron chi connectivity index (χ1n) is 5.86. The van der Waals surface area contributed by atoms with Gasteiger partial charge in [0.1, 0.15) is 0 Å². The van der Waals surface area contributed by atoms with E-state index in [0.717, 1.165) is 6.42 Å². The number of imide groups is 1. The fourth-order valence-electron chi connectivity index (χ4n) is 2.94. The van der Waals surface area contributed by atoms with Gasteiger partial charge in [0.05, 0.1) is 24.0 Å². The van der Waals surface area contributed by atoms with E-state index in [-0.39, 0.29) is 41.9 Å². The number of carbonyl (C=O) groups is 2. The summed E-state index contributed by atoms with van der Waals surface area (Å²) in [7, 11) is 0. The standard InChI is InChI=1S/C12H15NO3/c1-3-6(2)13-11(14)9-7-4-5-8(16-7)10(9)12(13)15/h4-10H,3H2,1-2H3/t6?,7-,8+,9+,10-. The summed E-state index contributed by atoms with van der Waals surface area (Å²) in [5.74, 6) is -0.588. The maximum Gasteiger partial charge on any atom is 0.236 e. The second kappa shape index (κ2) is 3.17. The molecule has 0 aromatic carbocycles. The molecule has 3 aliphatic heterocycles. The molecule has 3 aliphatic rings. The minimum Gasteiger partial charge on any atom is -0.365 e. The van der Waals surface area contributed by atoms with Gasteiger partial charge in [0.15, 0.2) is 0 Å². The van der Waals surface area contributed by atoms with Gasteiger partial charge in [-0.05, 0) is 13.3 Å². The second-order valence-electron chi connectivity index (χ2n) is 4.81. The van der Waals surface area contributed by atoms with Gasteiger partial charge in [-0.15, -0.1) is 0 Å². The third kappa shape index (κ3) is 1.03. The predicted octanol–water partition coefficient (Wildman–Crippen LogP) is 0.723. The van der Waals surface area contributed by atoms with Crippen LogP contribution in [0.2, 0.25) is 0 Å². The highest BCUT2D eigenvalue weighted by molar-refractivity contribution is 6.07. The number of hydrogen-bond donors (Lipinski definition) is 0. The predicted molar refractivity (Wildman–Crippen MR) is 56.4 cm³/mol. The van der Waals surface area contributed by atoms with Crippen molar-refractivity contribution in [3.05, 3.63) is 12.2 Å². The number of hydrogen-bond acceptors (Lipinski definition) is 3. The van der Waals surface area contributed by atoms with E-state index in [9.17, 15) is 9.59 Å². The van der Waals surface area contributed by atoms with Crippen LogP contribution >= 0.6 is 0 Å². The van der Waals surface area contributed by atoms with Crippen LogP contribution in [0.5, 0.6) is 0 Å². The fraction of sp³-hybridized carbons (Fsp3) is 0.667. The van der Waals surface area contributed by atoms with E-state index in [1.165, 1.54) is 4.90 Å². The molecule has 2 amide bonds. The van der Waals surface area contributed by atoms with Gasteiger partial charge in [-0.1, -0.05) is 19.1 Å². The minimum absolute atomic E-state index is 0.00463. The molecule has 0 N–H and O–H groups in total. The van der Waals surface area contributed by atoms with Gasteiger partial charge in [-0.2, -0.15) is 0 Å². The topological polar surface area (TPSA) is 46.6 Å². The molecule has 2 saturated heterocycles. The summed E-state index contributed by atoms with van der Waals surface area (Å²) in [6.07, 6.45) is 4.30. The lowest BCUT2D eigenvalue weighted by molar-refractivity contribution is -0.144. The number of rotatable bonds is 2. The van der Waals surface area contributed by atoms with Gasteiger partial charge in [0, 0.05) is 6.04 Å². The molecule has 86 valence electrons. The summed E-state index contributed by atoms with van der Waals surface area (Å²) >= 11 is 0. The average Bonchev–Trinajstić information content (AvgIpc) is 2.92. The van der Waals surface area contributed by atoms with E-state index >= 15 is 0 Å². The van der Waals surface area contributed by atoms with Gasteiger partial charge in [0.2, 0.25) is 11.8 Å². The molecule has 3 heterocycles. The minimum atomic E-state index is -0.253. The van der Waals surface area contributed by atoms with Crippen molar-refractivity contribution in [1.82, 2.24) is 4.90 Å². The fourth-order valence-corrected chi connectivity index (χ4v) is 2.94. The summed E-state index contributed by atoms with van der Waals surface area (Å²) in [4.78, 5) is 25.8. The molecule has 16 heavy (non-hydrogen) atoms. The number of ether oxygens (including phenoxy) is 1. The Bertz CT molecular complexity index is 360. The molecule has 0 spiro atoms. The quantitative estimate of drug-likeness (QED) is 0.510. The molecular formula is C12H15NO3. The molecule has 5 atom stereocenters. The average molecular weight is 221 g/mol. The van der Waals surface area contributed by atoms with Crippen LogP contribution in [0.1, 0.15) is 20.3 Å². The summed E-state index contributed by atoms with van der Waals surface area (Å²) in [6.45, 7) is 3.91. The van der Waals surface area contributed by atoms with Crippen LogP contribution in [0.25, 0.3) is 0 Å². The first kappa shape index (κ1) is 10.0. The molecule has 0 aliphatic carbocycles. The van der Waals surface area contributed by atoms with Gasteiger partial charge >= 0.3 is 0 Å². The first-order chi connectivity index (χ1) is 7.65. The number of nitrogens with zero attached hydrogens (tertiary/aromatic N) is 1. The zero-order chi connectivity index (χ0) is 11.4. The number of fused-ring (bicyclic) bond motifs is 5. The second-order valence-corrected chi connectivity index (χ2v) is 4.81. The van der Waals surface area contributed by atoms with Crippen molar-refractivity contribution in [2.24, 2.45) is 11.8 Å². The van der Waals surface area contributed by atoms with Crippen molar-refractivity contribution in [3.8, 4) is 0 Å². The molecule has 2 bridgehead atoms. The number of carbonyl (C=O) groups excluding carboxylic acids is 2. The Balaban J connectivity index is 1.94. The van der Waals surface area contributed by atoms with Crippen LogP contribution in [0, 0.1) is 11.8 Å². The molecule has 1 unspecified atom stereocenters. The van der Waals surface area contributed by atoms with Crippen molar-refractivity contribution >= 4 is 11.8 Å². The van der Waals surface area contributed by atoms with Crippen molar-refractivity contribution in [3.63, 3.8) is 0 Å². The van der Waals surface area contributed by atoms with Crippen LogP contribution in [0.3, 0.4) is 0 Å². The SMILES string of the molecule is CCC(C)N1C(=O)[C@@H]2[C@H](C1=O)[C@@H]1C=C[C@H]2O1. The lowest BCUT2D eigenvalue weighted by Gasteiger charge is -2.23. The number of amides is 2. The van der Waals surface area contributed by atoms with E-state index < -0.39 is 0 Å². The van der Waals surface area contributed by atoms with Crippen molar-refractivity contribution in [2.75, 3.05) is 0 Å². The van der Waals surface area contributed by atoms with E-state index in [1.54, 1.807) is 0 Å².